The lowest BCUT2D eigenvalue weighted by Gasteiger charge is -2.24. The van der Waals surface area contributed by atoms with Gasteiger partial charge in [-0.1, -0.05) is 71.2 Å². The number of hydrogen-bond donors (Lipinski definition) is 0. The number of hydrogen-bond acceptors (Lipinski definition) is 4. The van der Waals surface area contributed by atoms with Crippen molar-refractivity contribution in [1.29, 1.82) is 0 Å². The van der Waals surface area contributed by atoms with Crippen LogP contribution in [0.1, 0.15) is 22.3 Å². The van der Waals surface area contributed by atoms with Gasteiger partial charge < -0.3 is 9.64 Å². The van der Waals surface area contributed by atoms with Crippen LogP contribution in [0.5, 0.6) is 11.5 Å². The number of ether oxygens (including phenoxy) is 1. The molecule has 6 nitrogen and oxygen atoms in total. The van der Waals surface area contributed by atoms with Crippen molar-refractivity contribution in [3.63, 3.8) is 0 Å². The minimum Gasteiger partial charge on any atom is -0.457 e. The number of likely N-dealkylation sites (N-methyl/N-ethyl adjacent to an activating group) is 1. The third kappa shape index (κ3) is 6.52. The second-order valence-electron chi connectivity index (χ2n) is 10.0. The lowest BCUT2D eigenvalue weighted by molar-refractivity contribution is -0.126. The van der Waals surface area contributed by atoms with Crippen molar-refractivity contribution in [2.75, 3.05) is 13.6 Å². The topological polar surface area (TPSA) is 66.9 Å². The summed E-state index contributed by atoms with van der Waals surface area (Å²) < 4.78 is 48.7. The maximum atomic E-state index is 14.0. The molecule has 1 heterocycles. The van der Waals surface area contributed by atoms with E-state index in [9.17, 15) is 17.6 Å². The summed E-state index contributed by atoms with van der Waals surface area (Å²) in [6.45, 7) is 2.02. The number of fused-ring (bicyclic) bond motifs is 1. The van der Waals surface area contributed by atoms with Gasteiger partial charge >= 0.3 is 0 Å². The molecule has 0 aromatic heterocycles. The number of amides is 1. The van der Waals surface area contributed by atoms with Crippen LogP contribution in [0.2, 0.25) is 10.0 Å². The summed E-state index contributed by atoms with van der Waals surface area (Å²) in [6.07, 6.45) is 1.74. The first-order valence-electron chi connectivity index (χ1n) is 13.0. The standard InChI is InChI=1S/C32H27Cl2FN2O4S/c1-21-7-12-28(13-8-21)42(39,40)37-19-23-6-4-3-5-22(23)15-25(20-37)32(38)36(2)18-24-9-10-26(33)16-31(24)41-27-11-14-29(34)30(35)17-27/h3-17H,18-20H2,1-2H3. The molecule has 216 valence electrons. The molecule has 0 bridgehead atoms. The number of rotatable bonds is 7. The fourth-order valence-corrected chi connectivity index (χ4v) is 6.32. The number of sulfonamides is 1. The first-order valence-corrected chi connectivity index (χ1v) is 15.2. The Morgan fingerprint density at radius 1 is 0.976 bits per heavy atom. The molecular weight excluding hydrogens is 598 g/mol. The zero-order valence-corrected chi connectivity index (χ0v) is 25.2. The predicted molar refractivity (Wildman–Crippen MR) is 163 cm³/mol. The van der Waals surface area contributed by atoms with Crippen LogP contribution in [-0.4, -0.2) is 37.1 Å². The smallest absolute Gasteiger partial charge is 0.251 e. The Labute approximate surface area is 254 Å². The lowest BCUT2D eigenvalue weighted by Crippen LogP contribution is -2.36. The molecule has 0 spiro atoms. The first kappa shape index (κ1) is 29.8. The Balaban J connectivity index is 1.43. The van der Waals surface area contributed by atoms with Crippen LogP contribution in [0.25, 0.3) is 6.08 Å². The molecule has 4 aromatic carbocycles. The van der Waals surface area contributed by atoms with Crippen LogP contribution in [0.4, 0.5) is 4.39 Å². The van der Waals surface area contributed by atoms with E-state index in [0.717, 1.165) is 16.7 Å². The minimum absolute atomic E-state index is 0.0318. The molecule has 1 amide bonds. The number of halogens is 3. The number of aryl methyl sites for hydroxylation is 1. The summed E-state index contributed by atoms with van der Waals surface area (Å²) >= 11 is 12.0. The van der Waals surface area contributed by atoms with E-state index in [1.165, 1.54) is 27.4 Å². The zero-order valence-electron chi connectivity index (χ0n) is 22.9. The van der Waals surface area contributed by atoms with Crippen molar-refractivity contribution in [3.05, 3.63) is 129 Å². The van der Waals surface area contributed by atoms with Gasteiger partial charge in [0, 0.05) is 48.9 Å². The Morgan fingerprint density at radius 2 is 1.71 bits per heavy atom. The van der Waals surface area contributed by atoms with Crippen LogP contribution >= 0.6 is 23.2 Å². The molecule has 42 heavy (non-hydrogen) atoms. The van der Waals surface area contributed by atoms with Crippen LogP contribution in [0, 0.1) is 12.7 Å². The highest BCUT2D eigenvalue weighted by Gasteiger charge is 2.31. The normalized spacial score (nSPS) is 13.6. The molecule has 0 aliphatic carbocycles. The average Bonchev–Trinajstić information content (AvgIpc) is 3.17. The lowest BCUT2D eigenvalue weighted by atomic mass is 10.1. The van der Waals surface area contributed by atoms with E-state index < -0.39 is 15.8 Å². The highest BCUT2D eigenvalue weighted by atomic mass is 35.5. The van der Waals surface area contributed by atoms with E-state index in [2.05, 4.69) is 0 Å². The summed E-state index contributed by atoms with van der Waals surface area (Å²) in [5, 5.41) is 0.368. The van der Waals surface area contributed by atoms with Gasteiger partial charge in [0.15, 0.2) is 0 Å². The fraction of sp³-hybridized carbons (Fsp3) is 0.156. The van der Waals surface area contributed by atoms with E-state index in [1.54, 1.807) is 55.6 Å². The van der Waals surface area contributed by atoms with Gasteiger partial charge in [0.05, 0.1) is 9.92 Å². The van der Waals surface area contributed by atoms with Gasteiger partial charge in [-0.2, -0.15) is 4.31 Å². The van der Waals surface area contributed by atoms with Crippen LogP contribution in [0.15, 0.2) is 95.4 Å². The monoisotopic (exact) mass is 624 g/mol. The van der Waals surface area contributed by atoms with Gasteiger partial charge in [-0.3, -0.25) is 4.79 Å². The van der Waals surface area contributed by atoms with Crippen LogP contribution < -0.4 is 4.74 Å². The molecule has 0 saturated heterocycles. The molecule has 0 radical (unpaired) electrons. The average molecular weight is 626 g/mol. The molecule has 0 unspecified atom stereocenters. The SMILES string of the molecule is Cc1ccc(S(=O)(=O)N2CC(C(=O)N(C)Cc3ccc(Cl)cc3Oc3ccc(Cl)c(F)c3)=Cc3ccccc3C2)cc1. The molecule has 4 aromatic rings. The summed E-state index contributed by atoms with van der Waals surface area (Å²) in [5.41, 5.74) is 3.44. The summed E-state index contributed by atoms with van der Waals surface area (Å²) in [5.74, 6) is -0.424. The van der Waals surface area contributed by atoms with Gasteiger partial charge in [0.1, 0.15) is 17.3 Å². The van der Waals surface area contributed by atoms with Crippen molar-refractivity contribution in [3.8, 4) is 11.5 Å². The van der Waals surface area contributed by atoms with Crippen molar-refractivity contribution in [2.24, 2.45) is 0 Å². The van der Waals surface area contributed by atoms with Crippen molar-refractivity contribution in [2.45, 2.75) is 24.9 Å². The van der Waals surface area contributed by atoms with Crippen molar-refractivity contribution >= 4 is 45.2 Å². The molecule has 0 atom stereocenters. The van der Waals surface area contributed by atoms with Crippen LogP contribution in [-0.2, 0) is 27.9 Å². The Morgan fingerprint density at radius 3 is 2.45 bits per heavy atom. The first-order chi connectivity index (χ1) is 20.0. The highest BCUT2D eigenvalue weighted by Crippen LogP contribution is 2.32. The summed E-state index contributed by atoms with van der Waals surface area (Å²) in [6, 6.07) is 23.1. The van der Waals surface area contributed by atoms with Crippen LogP contribution in [0.3, 0.4) is 0 Å². The summed E-state index contributed by atoms with van der Waals surface area (Å²) in [4.78, 5) is 15.5. The highest BCUT2D eigenvalue weighted by molar-refractivity contribution is 7.89. The van der Waals surface area contributed by atoms with E-state index in [1.807, 2.05) is 31.2 Å². The second-order valence-corrected chi connectivity index (χ2v) is 12.8. The number of carbonyl (C=O) groups is 1. The van der Waals surface area contributed by atoms with Crippen molar-refractivity contribution in [1.82, 2.24) is 9.21 Å². The predicted octanol–water partition coefficient (Wildman–Crippen LogP) is 7.48. The Hall–Kier alpha value is -3.69. The van der Waals surface area contributed by atoms with Crippen molar-refractivity contribution < 1.29 is 22.3 Å². The Kier molecular flexibility index (Phi) is 8.70. The van der Waals surface area contributed by atoms with Gasteiger partial charge in [0.2, 0.25) is 10.0 Å². The molecule has 0 saturated carbocycles. The largest absolute Gasteiger partial charge is 0.457 e. The fourth-order valence-electron chi connectivity index (χ4n) is 4.64. The molecule has 0 N–H and O–H groups in total. The number of carbonyl (C=O) groups excluding carboxylic acids is 1. The van der Waals surface area contributed by atoms with E-state index in [4.69, 9.17) is 27.9 Å². The number of benzene rings is 4. The third-order valence-corrected chi connectivity index (χ3v) is 9.26. The van der Waals surface area contributed by atoms with E-state index in [0.29, 0.717) is 21.9 Å². The number of nitrogens with zero attached hydrogens (tertiary/aromatic N) is 2. The van der Waals surface area contributed by atoms with Gasteiger partial charge in [-0.15, -0.1) is 0 Å². The maximum absolute atomic E-state index is 14.0. The Bertz CT molecular complexity index is 1790. The quantitative estimate of drug-likeness (QED) is 0.214. The zero-order chi connectivity index (χ0) is 30.0. The minimum atomic E-state index is -3.90. The second kappa shape index (κ2) is 12.3. The van der Waals surface area contributed by atoms with E-state index in [-0.39, 0.29) is 41.2 Å². The molecule has 1 aliphatic heterocycles. The van der Waals surface area contributed by atoms with Gasteiger partial charge in [0.25, 0.3) is 5.91 Å². The summed E-state index contributed by atoms with van der Waals surface area (Å²) in [7, 11) is -2.28. The molecule has 0 fully saturated rings. The molecule has 10 heteroatoms. The van der Waals surface area contributed by atoms with E-state index >= 15 is 0 Å². The maximum Gasteiger partial charge on any atom is 0.251 e. The third-order valence-electron chi connectivity index (χ3n) is 6.91. The molecular formula is C32H27Cl2FN2O4S. The molecule has 1 aliphatic rings. The van der Waals surface area contributed by atoms with Gasteiger partial charge in [-0.05, 0) is 60.5 Å². The molecule has 5 rings (SSSR count). The van der Waals surface area contributed by atoms with Gasteiger partial charge in [-0.25, -0.2) is 12.8 Å².